The van der Waals surface area contributed by atoms with Gasteiger partial charge in [0.1, 0.15) is 5.75 Å². The number of carbonyl (C=O) groups excluding carboxylic acids is 2. The molecule has 1 aromatic rings. The summed E-state index contributed by atoms with van der Waals surface area (Å²) in [4.78, 5) is 28.5. The minimum atomic E-state index is -0.154. The number of hydrogen-bond acceptors (Lipinski definition) is 3. The molecule has 2 aliphatic heterocycles. The Labute approximate surface area is 149 Å². The van der Waals surface area contributed by atoms with Crippen LogP contribution in [0.4, 0.5) is 10.5 Å². The SMILES string of the molecule is COc1cccc(N2C[C@H](NC(=O)N3C[C@H](C)C[C@H](C)C3)CC2=O)c1. The number of amides is 3. The number of rotatable bonds is 3. The predicted octanol–water partition coefficient (Wildman–Crippen LogP) is 2.49. The van der Waals surface area contributed by atoms with Gasteiger partial charge in [0.05, 0.1) is 13.2 Å². The number of nitrogens with zero attached hydrogens (tertiary/aromatic N) is 2. The smallest absolute Gasteiger partial charge is 0.317 e. The molecule has 2 saturated heterocycles. The third kappa shape index (κ3) is 4.06. The topological polar surface area (TPSA) is 61.9 Å². The van der Waals surface area contributed by atoms with E-state index in [9.17, 15) is 9.59 Å². The number of benzene rings is 1. The molecule has 2 heterocycles. The highest BCUT2D eigenvalue weighted by molar-refractivity contribution is 5.97. The summed E-state index contributed by atoms with van der Waals surface area (Å²) in [6.07, 6.45) is 1.50. The van der Waals surface area contributed by atoms with Gasteiger partial charge in [-0.2, -0.15) is 0 Å². The predicted molar refractivity (Wildman–Crippen MR) is 96.8 cm³/mol. The summed E-state index contributed by atoms with van der Waals surface area (Å²) in [6, 6.07) is 7.24. The molecule has 6 nitrogen and oxygen atoms in total. The Bertz CT molecular complexity index is 639. The summed E-state index contributed by atoms with van der Waals surface area (Å²) in [5.74, 6) is 1.79. The van der Waals surface area contributed by atoms with E-state index >= 15 is 0 Å². The minimum Gasteiger partial charge on any atom is -0.497 e. The van der Waals surface area contributed by atoms with Crippen LogP contribution in [0.15, 0.2) is 24.3 Å². The number of anilines is 1. The van der Waals surface area contributed by atoms with Crippen LogP contribution in [0, 0.1) is 11.8 Å². The Morgan fingerprint density at radius 2 is 1.92 bits per heavy atom. The molecule has 0 aliphatic carbocycles. The molecular formula is C19H27N3O3. The number of urea groups is 1. The maximum absolute atomic E-state index is 12.6. The normalized spacial score (nSPS) is 26.7. The van der Waals surface area contributed by atoms with Gasteiger partial charge in [0.2, 0.25) is 5.91 Å². The lowest BCUT2D eigenvalue weighted by Crippen LogP contribution is -2.50. The van der Waals surface area contributed by atoms with E-state index in [4.69, 9.17) is 4.74 Å². The van der Waals surface area contributed by atoms with Gasteiger partial charge in [0.25, 0.3) is 0 Å². The lowest BCUT2D eigenvalue weighted by Gasteiger charge is -2.35. The fourth-order valence-corrected chi connectivity index (χ4v) is 3.93. The van der Waals surface area contributed by atoms with Crippen molar-refractivity contribution in [3.8, 4) is 5.75 Å². The largest absolute Gasteiger partial charge is 0.497 e. The van der Waals surface area contributed by atoms with Crippen molar-refractivity contribution in [3.63, 3.8) is 0 Å². The number of carbonyl (C=O) groups is 2. The van der Waals surface area contributed by atoms with Crippen molar-refractivity contribution in [2.45, 2.75) is 32.7 Å². The van der Waals surface area contributed by atoms with Crippen molar-refractivity contribution in [3.05, 3.63) is 24.3 Å². The molecule has 25 heavy (non-hydrogen) atoms. The molecule has 0 radical (unpaired) electrons. The standard InChI is InChI=1S/C19H27N3O3/c1-13-7-14(2)11-21(10-13)19(24)20-15-8-18(23)22(12-15)16-5-4-6-17(9-16)25-3/h4-6,9,13-15H,7-8,10-12H2,1-3H3,(H,20,24)/t13-,14+,15-/m1/s1. The van der Waals surface area contributed by atoms with Gasteiger partial charge in [-0.1, -0.05) is 19.9 Å². The number of nitrogens with one attached hydrogen (secondary N) is 1. The zero-order valence-corrected chi connectivity index (χ0v) is 15.2. The summed E-state index contributed by atoms with van der Waals surface area (Å²) < 4.78 is 5.23. The molecule has 3 amide bonds. The Hall–Kier alpha value is -2.24. The molecular weight excluding hydrogens is 318 g/mol. The second-order valence-electron chi connectivity index (χ2n) is 7.41. The quantitative estimate of drug-likeness (QED) is 0.915. The van der Waals surface area contributed by atoms with Crippen LogP contribution in [0.5, 0.6) is 5.75 Å². The van der Waals surface area contributed by atoms with Crippen molar-refractivity contribution in [1.29, 1.82) is 0 Å². The fraction of sp³-hybridized carbons (Fsp3) is 0.579. The maximum Gasteiger partial charge on any atom is 0.317 e. The van der Waals surface area contributed by atoms with Gasteiger partial charge in [-0.15, -0.1) is 0 Å². The Morgan fingerprint density at radius 1 is 1.20 bits per heavy atom. The second kappa shape index (κ2) is 7.33. The number of piperidine rings is 1. The summed E-state index contributed by atoms with van der Waals surface area (Å²) >= 11 is 0. The Kier molecular flexibility index (Phi) is 5.16. The number of ether oxygens (including phenoxy) is 1. The first-order valence-electron chi connectivity index (χ1n) is 8.96. The van der Waals surface area contributed by atoms with Gasteiger partial charge < -0.3 is 19.9 Å². The van der Waals surface area contributed by atoms with Crippen LogP contribution in [0.2, 0.25) is 0 Å². The van der Waals surface area contributed by atoms with E-state index in [0.717, 1.165) is 25.2 Å². The van der Waals surface area contributed by atoms with Crippen LogP contribution < -0.4 is 15.0 Å². The van der Waals surface area contributed by atoms with Crippen LogP contribution in [0.3, 0.4) is 0 Å². The Balaban J connectivity index is 1.61. The van der Waals surface area contributed by atoms with Crippen LogP contribution in [-0.4, -0.2) is 49.6 Å². The highest BCUT2D eigenvalue weighted by Gasteiger charge is 2.33. The zero-order valence-electron chi connectivity index (χ0n) is 15.2. The van der Waals surface area contributed by atoms with Crippen LogP contribution in [0.25, 0.3) is 0 Å². The van der Waals surface area contributed by atoms with Gasteiger partial charge in [-0.3, -0.25) is 4.79 Å². The molecule has 0 saturated carbocycles. The van der Waals surface area contributed by atoms with Crippen LogP contribution >= 0.6 is 0 Å². The van der Waals surface area contributed by atoms with E-state index in [1.54, 1.807) is 12.0 Å². The zero-order chi connectivity index (χ0) is 18.0. The molecule has 136 valence electrons. The average Bonchev–Trinajstić information content (AvgIpc) is 2.94. The maximum atomic E-state index is 12.6. The van der Waals surface area contributed by atoms with E-state index in [-0.39, 0.29) is 18.0 Å². The van der Waals surface area contributed by atoms with E-state index in [1.807, 2.05) is 29.2 Å². The highest BCUT2D eigenvalue weighted by Crippen LogP contribution is 2.26. The molecule has 6 heteroatoms. The van der Waals surface area contributed by atoms with Gasteiger partial charge >= 0.3 is 6.03 Å². The molecule has 0 spiro atoms. The summed E-state index contributed by atoms with van der Waals surface area (Å²) in [5.41, 5.74) is 0.807. The van der Waals surface area contributed by atoms with Gasteiger partial charge in [-0.25, -0.2) is 4.79 Å². The van der Waals surface area contributed by atoms with Crippen LogP contribution in [0.1, 0.15) is 26.7 Å². The van der Waals surface area contributed by atoms with E-state index in [2.05, 4.69) is 19.2 Å². The van der Waals surface area contributed by atoms with E-state index in [1.165, 1.54) is 0 Å². The molecule has 2 fully saturated rings. The fourth-order valence-electron chi connectivity index (χ4n) is 3.93. The van der Waals surface area contributed by atoms with Gasteiger partial charge in [0, 0.05) is 37.8 Å². The lowest BCUT2D eigenvalue weighted by atomic mass is 9.92. The second-order valence-corrected chi connectivity index (χ2v) is 7.41. The average molecular weight is 345 g/mol. The van der Waals surface area contributed by atoms with E-state index < -0.39 is 0 Å². The third-order valence-electron chi connectivity index (χ3n) is 4.97. The first kappa shape index (κ1) is 17.6. The lowest BCUT2D eigenvalue weighted by molar-refractivity contribution is -0.117. The molecule has 1 N–H and O–H groups in total. The third-order valence-corrected chi connectivity index (χ3v) is 4.97. The molecule has 3 rings (SSSR count). The minimum absolute atomic E-state index is 0.0268. The summed E-state index contributed by atoms with van der Waals surface area (Å²) in [7, 11) is 1.61. The van der Waals surface area contributed by atoms with Crippen molar-refractivity contribution >= 4 is 17.6 Å². The highest BCUT2D eigenvalue weighted by atomic mass is 16.5. The molecule has 0 bridgehead atoms. The number of likely N-dealkylation sites (tertiary alicyclic amines) is 1. The van der Waals surface area contributed by atoms with E-state index in [0.29, 0.717) is 30.6 Å². The monoisotopic (exact) mass is 345 g/mol. The number of methoxy groups -OCH3 is 1. The van der Waals surface area contributed by atoms with Crippen molar-refractivity contribution in [2.24, 2.45) is 11.8 Å². The molecule has 0 aromatic heterocycles. The summed E-state index contributed by atoms with van der Waals surface area (Å²) in [5, 5.41) is 3.04. The molecule has 2 aliphatic rings. The first-order chi connectivity index (χ1) is 12.0. The molecule has 3 atom stereocenters. The molecule has 1 aromatic carbocycles. The van der Waals surface area contributed by atoms with Gasteiger partial charge in [-0.05, 0) is 30.4 Å². The number of hydrogen-bond donors (Lipinski definition) is 1. The van der Waals surface area contributed by atoms with Gasteiger partial charge in [0.15, 0.2) is 0 Å². The van der Waals surface area contributed by atoms with Crippen LogP contribution in [-0.2, 0) is 4.79 Å². The van der Waals surface area contributed by atoms with Crippen molar-refractivity contribution < 1.29 is 14.3 Å². The van der Waals surface area contributed by atoms with Crippen molar-refractivity contribution in [1.82, 2.24) is 10.2 Å². The summed E-state index contributed by atoms with van der Waals surface area (Å²) in [6.45, 7) is 6.43. The van der Waals surface area contributed by atoms with Crippen molar-refractivity contribution in [2.75, 3.05) is 31.6 Å². The first-order valence-corrected chi connectivity index (χ1v) is 8.96. The Morgan fingerprint density at radius 3 is 2.60 bits per heavy atom. The molecule has 0 unspecified atom stereocenters.